The van der Waals surface area contributed by atoms with Crippen molar-refractivity contribution in [3.8, 4) is 0 Å². The van der Waals surface area contributed by atoms with Crippen LogP contribution in [0.3, 0.4) is 0 Å². The first-order valence-electron chi connectivity index (χ1n) is 9.89. The van der Waals surface area contributed by atoms with Gasteiger partial charge in [-0.15, -0.1) is 24.0 Å². The summed E-state index contributed by atoms with van der Waals surface area (Å²) in [6.45, 7) is 8.48. The van der Waals surface area contributed by atoms with Crippen LogP contribution in [0.5, 0.6) is 0 Å². The summed E-state index contributed by atoms with van der Waals surface area (Å²) in [5.74, 6) is 1.75. The van der Waals surface area contributed by atoms with Crippen molar-refractivity contribution in [1.82, 2.24) is 25.4 Å². The Morgan fingerprint density at radius 2 is 2.14 bits per heavy atom. The molecule has 1 aromatic rings. The molecule has 3 heterocycles. The van der Waals surface area contributed by atoms with Crippen LogP contribution in [0.1, 0.15) is 12.8 Å². The highest BCUT2D eigenvalue weighted by Gasteiger charge is 2.25. The van der Waals surface area contributed by atoms with E-state index < -0.39 is 0 Å². The lowest BCUT2D eigenvalue weighted by Gasteiger charge is -2.22. The summed E-state index contributed by atoms with van der Waals surface area (Å²) in [4.78, 5) is 16.0. The number of halogens is 2. The fraction of sp³-hybridized carbons (Fsp3) is 0.684. The number of pyridine rings is 1. The van der Waals surface area contributed by atoms with Gasteiger partial charge in [-0.3, -0.25) is 4.99 Å². The SMILES string of the molecule is CN=C(NCCN1CCCN(C)CC1)NC1CCN(c2ncccc2Cl)C1.I. The third kappa shape index (κ3) is 6.89. The Hall–Kier alpha value is -0.840. The molecule has 7 nitrogen and oxygen atoms in total. The maximum absolute atomic E-state index is 6.28. The molecule has 9 heteroatoms. The highest BCUT2D eigenvalue weighted by atomic mass is 127. The van der Waals surface area contributed by atoms with Crippen LogP contribution in [0, 0.1) is 0 Å². The van der Waals surface area contributed by atoms with Crippen LogP contribution >= 0.6 is 35.6 Å². The minimum absolute atomic E-state index is 0. The predicted octanol–water partition coefficient (Wildman–Crippen LogP) is 1.73. The summed E-state index contributed by atoms with van der Waals surface area (Å²) in [6.07, 6.45) is 4.09. The van der Waals surface area contributed by atoms with Gasteiger partial charge in [-0.1, -0.05) is 11.6 Å². The quantitative estimate of drug-likeness (QED) is 0.350. The molecular formula is C19H33ClIN7. The molecule has 2 aliphatic heterocycles. The molecule has 0 aromatic carbocycles. The highest BCUT2D eigenvalue weighted by molar-refractivity contribution is 14.0. The van der Waals surface area contributed by atoms with E-state index in [4.69, 9.17) is 11.6 Å². The summed E-state index contributed by atoms with van der Waals surface area (Å²) in [5.41, 5.74) is 0. The van der Waals surface area contributed by atoms with E-state index in [0.717, 1.165) is 57.5 Å². The zero-order valence-electron chi connectivity index (χ0n) is 16.9. The average Bonchev–Trinajstić information content (AvgIpc) is 3.03. The van der Waals surface area contributed by atoms with Crippen LogP contribution in [-0.4, -0.2) is 93.2 Å². The van der Waals surface area contributed by atoms with Gasteiger partial charge in [0.2, 0.25) is 0 Å². The molecule has 2 aliphatic rings. The molecule has 1 aromatic heterocycles. The molecule has 158 valence electrons. The average molecular weight is 522 g/mol. The van der Waals surface area contributed by atoms with Crippen LogP contribution in [0.2, 0.25) is 5.02 Å². The zero-order chi connectivity index (χ0) is 19.1. The summed E-state index contributed by atoms with van der Waals surface area (Å²) < 4.78 is 0. The Balaban J connectivity index is 0.00000280. The topological polar surface area (TPSA) is 59.0 Å². The van der Waals surface area contributed by atoms with Crippen molar-refractivity contribution in [2.45, 2.75) is 18.9 Å². The van der Waals surface area contributed by atoms with Gasteiger partial charge < -0.3 is 25.3 Å². The van der Waals surface area contributed by atoms with Crippen LogP contribution in [-0.2, 0) is 0 Å². The molecular weight excluding hydrogens is 489 g/mol. The van der Waals surface area contributed by atoms with Crippen LogP contribution in [0.15, 0.2) is 23.3 Å². The summed E-state index contributed by atoms with van der Waals surface area (Å²) in [6, 6.07) is 4.11. The van der Waals surface area contributed by atoms with Crippen molar-refractivity contribution in [3.63, 3.8) is 0 Å². The Morgan fingerprint density at radius 3 is 2.93 bits per heavy atom. The lowest BCUT2D eigenvalue weighted by molar-refractivity contribution is 0.280. The smallest absolute Gasteiger partial charge is 0.191 e. The molecule has 28 heavy (non-hydrogen) atoms. The molecule has 1 atom stereocenters. The highest BCUT2D eigenvalue weighted by Crippen LogP contribution is 2.25. The number of anilines is 1. The number of aliphatic imine (C=N–C) groups is 1. The lowest BCUT2D eigenvalue weighted by atomic mass is 10.3. The third-order valence-corrected chi connectivity index (χ3v) is 5.62. The molecule has 0 aliphatic carbocycles. The zero-order valence-corrected chi connectivity index (χ0v) is 20.0. The van der Waals surface area contributed by atoms with E-state index in [9.17, 15) is 0 Å². The lowest BCUT2D eigenvalue weighted by Crippen LogP contribution is -2.46. The fourth-order valence-corrected chi connectivity index (χ4v) is 3.97. The number of nitrogens with zero attached hydrogens (tertiary/aromatic N) is 5. The first kappa shape index (κ1) is 23.4. The number of hydrogen-bond donors (Lipinski definition) is 2. The van der Waals surface area contributed by atoms with Gasteiger partial charge in [0.1, 0.15) is 5.82 Å². The van der Waals surface area contributed by atoms with Gasteiger partial charge in [-0.05, 0) is 45.1 Å². The minimum Gasteiger partial charge on any atom is -0.355 e. The van der Waals surface area contributed by atoms with E-state index in [1.807, 2.05) is 19.2 Å². The van der Waals surface area contributed by atoms with Crippen LogP contribution in [0.4, 0.5) is 5.82 Å². The summed E-state index contributed by atoms with van der Waals surface area (Å²) in [5, 5.41) is 7.72. The number of rotatable bonds is 5. The molecule has 1 unspecified atom stereocenters. The van der Waals surface area contributed by atoms with Crippen molar-refractivity contribution < 1.29 is 0 Å². The molecule has 3 rings (SSSR count). The number of likely N-dealkylation sites (N-methyl/N-ethyl adjacent to an activating group) is 1. The van der Waals surface area contributed by atoms with E-state index in [-0.39, 0.29) is 24.0 Å². The van der Waals surface area contributed by atoms with Crippen LogP contribution in [0.25, 0.3) is 0 Å². The van der Waals surface area contributed by atoms with Crippen molar-refractivity contribution in [2.24, 2.45) is 4.99 Å². The summed E-state index contributed by atoms with van der Waals surface area (Å²) in [7, 11) is 4.04. The largest absolute Gasteiger partial charge is 0.355 e. The van der Waals surface area contributed by atoms with Gasteiger partial charge >= 0.3 is 0 Å². The van der Waals surface area contributed by atoms with Gasteiger partial charge in [-0.2, -0.15) is 0 Å². The predicted molar refractivity (Wildman–Crippen MR) is 128 cm³/mol. The van der Waals surface area contributed by atoms with E-state index in [2.05, 4.69) is 42.4 Å². The maximum Gasteiger partial charge on any atom is 0.191 e. The molecule has 0 radical (unpaired) electrons. The first-order valence-corrected chi connectivity index (χ1v) is 10.3. The molecule has 0 spiro atoms. The maximum atomic E-state index is 6.28. The monoisotopic (exact) mass is 521 g/mol. The standard InChI is InChI=1S/C19H32ClN7.HI/c1-21-19(23-8-12-26-10-4-9-25(2)13-14-26)24-16-6-11-27(15-16)18-17(20)5-3-7-22-18;/h3,5,7,16H,4,6,8-15H2,1-2H3,(H2,21,23,24);1H. The Kier molecular flexibility index (Phi) is 10.0. The van der Waals surface area contributed by atoms with Crippen molar-refractivity contribution in [3.05, 3.63) is 23.4 Å². The van der Waals surface area contributed by atoms with E-state index >= 15 is 0 Å². The first-order chi connectivity index (χ1) is 13.2. The molecule has 0 saturated carbocycles. The number of aromatic nitrogens is 1. The van der Waals surface area contributed by atoms with Gasteiger partial charge in [0.25, 0.3) is 0 Å². The molecule has 2 fully saturated rings. The fourth-order valence-electron chi connectivity index (χ4n) is 3.72. The molecule has 2 N–H and O–H groups in total. The molecule has 0 amide bonds. The van der Waals surface area contributed by atoms with Gasteiger partial charge in [0.05, 0.1) is 5.02 Å². The minimum atomic E-state index is 0. The second-order valence-electron chi connectivity index (χ2n) is 7.38. The second kappa shape index (κ2) is 12.0. The van der Waals surface area contributed by atoms with Crippen molar-refractivity contribution in [2.75, 3.05) is 71.4 Å². The molecule has 0 bridgehead atoms. The Bertz CT molecular complexity index is 630. The van der Waals surface area contributed by atoms with Crippen molar-refractivity contribution >= 4 is 47.4 Å². The number of nitrogens with one attached hydrogen (secondary N) is 2. The van der Waals surface area contributed by atoms with E-state index in [1.165, 1.54) is 19.5 Å². The Labute approximate surface area is 190 Å². The second-order valence-corrected chi connectivity index (χ2v) is 7.79. The number of hydrogen-bond acceptors (Lipinski definition) is 5. The van der Waals surface area contributed by atoms with Crippen LogP contribution < -0.4 is 15.5 Å². The van der Waals surface area contributed by atoms with E-state index in [0.29, 0.717) is 11.1 Å². The Morgan fingerprint density at radius 1 is 1.29 bits per heavy atom. The normalized spacial score (nSPS) is 21.9. The molecule has 2 saturated heterocycles. The third-order valence-electron chi connectivity index (χ3n) is 5.32. The van der Waals surface area contributed by atoms with Crippen molar-refractivity contribution in [1.29, 1.82) is 0 Å². The van der Waals surface area contributed by atoms with E-state index in [1.54, 1.807) is 6.20 Å². The number of guanidine groups is 1. The van der Waals surface area contributed by atoms with Gasteiger partial charge in [-0.25, -0.2) is 4.98 Å². The van der Waals surface area contributed by atoms with Gasteiger partial charge in [0, 0.05) is 58.6 Å². The van der Waals surface area contributed by atoms with Gasteiger partial charge in [0.15, 0.2) is 5.96 Å². The summed E-state index contributed by atoms with van der Waals surface area (Å²) >= 11 is 6.28.